The number of nitrogens with zero attached hydrogens (tertiary/aromatic N) is 1. The van der Waals surface area contributed by atoms with Crippen LogP contribution >= 0.6 is 0 Å². The lowest BCUT2D eigenvalue weighted by Crippen LogP contribution is -2.34. The van der Waals surface area contributed by atoms with Crippen molar-refractivity contribution in [2.75, 3.05) is 18.6 Å². The number of ether oxygens (including phenoxy) is 1. The van der Waals surface area contributed by atoms with Gasteiger partial charge >= 0.3 is 6.98 Å². The Morgan fingerprint density at radius 3 is 2.53 bits per heavy atom. The van der Waals surface area contributed by atoms with Crippen molar-refractivity contribution >= 4 is 22.3 Å². The van der Waals surface area contributed by atoms with E-state index in [9.17, 15) is 21.4 Å². The van der Waals surface area contributed by atoms with Gasteiger partial charge < -0.3 is 17.7 Å². The number of halogens is 3. The molecule has 0 aliphatic heterocycles. The standard InChI is InChI=1S/C8H10BF3NO3S/c1-17(14,15)3-2-16-8-4-7(5-13-6-8)9(10,11)12/h4-6H,2-3H2,1H3/q-1. The van der Waals surface area contributed by atoms with Crippen LogP contribution in [-0.4, -0.2) is 39.0 Å². The van der Waals surface area contributed by atoms with Gasteiger partial charge in [-0.05, 0) is 6.07 Å². The van der Waals surface area contributed by atoms with E-state index in [1.165, 1.54) is 0 Å². The van der Waals surface area contributed by atoms with Crippen molar-refractivity contribution in [2.45, 2.75) is 0 Å². The molecule has 1 heterocycles. The van der Waals surface area contributed by atoms with Crippen molar-refractivity contribution < 1.29 is 26.1 Å². The maximum Gasteiger partial charge on any atom is 0.511 e. The maximum atomic E-state index is 12.4. The SMILES string of the molecule is CS(=O)(=O)CCOc1cncc([B-](F)(F)F)c1. The molecule has 0 aromatic carbocycles. The quantitative estimate of drug-likeness (QED) is 0.732. The van der Waals surface area contributed by atoms with Crippen molar-refractivity contribution in [1.29, 1.82) is 0 Å². The molecule has 1 aromatic rings. The molecule has 17 heavy (non-hydrogen) atoms. The van der Waals surface area contributed by atoms with E-state index in [4.69, 9.17) is 4.74 Å². The molecule has 0 saturated carbocycles. The van der Waals surface area contributed by atoms with Gasteiger partial charge in [-0.25, -0.2) is 8.42 Å². The Morgan fingerprint density at radius 2 is 2.00 bits per heavy atom. The normalized spacial score (nSPS) is 12.5. The lowest BCUT2D eigenvalue weighted by Gasteiger charge is -2.15. The molecule has 0 bridgehead atoms. The maximum absolute atomic E-state index is 12.4. The summed E-state index contributed by atoms with van der Waals surface area (Å²) in [5.74, 6) is -0.348. The van der Waals surface area contributed by atoms with Crippen LogP contribution in [0, 0.1) is 0 Å². The average molecular weight is 268 g/mol. The highest BCUT2D eigenvalue weighted by molar-refractivity contribution is 7.90. The van der Waals surface area contributed by atoms with E-state index < -0.39 is 22.3 Å². The highest BCUT2D eigenvalue weighted by Crippen LogP contribution is 2.12. The van der Waals surface area contributed by atoms with E-state index in [1.807, 2.05) is 0 Å². The molecule has 0 spiro atoms. The Labute approximate surface area is 96.8 Å². The molecule has 0 amide bonds. The lowest BCUT2D eigenvalue weighted by atomic mass is 9.81. The molecule has 1 aromatic heterocycles. The van der Waals surface area contributed by atoms with Crippen LogP contribution in [0.25, 0.3) is 0 Å². The van der Waals surface area contributed by atoms with Gasteiger partial charge in [0, 0.05) is 12.5 Å². The minimum absolute atomic E-state index is 0.0923. The van der Waals surface area contributed by atoms with Gasteiger partial charge in [-0.2, -0.15) is 0 Å². The summed E-state index contributed by atoms with van der Waals surface area (Å²) >= 11 is 0. The number of pyridine rings is 1. The molecule has 0 atom stereocenters. The molecule has 0 N–H and O–H groups in total. The smallest absolute Gasteiger partial charge is 0.491 e. The number of rotatable bonds is 5. The minimum Gasteiger partial charge on any atom is -0.491 e. The predicted molar refractivity (Wildman–Crippen MR) is 58.2 cm³/mol. The Hall–Kier alpha value is -1.25. The molecule has 9 heteroatoms. The Balaban J connectivity index is 2.67. The third-order valence-electron chi connectivity index (χ3n) is 1.84. The third-order valence-corrected chi connectivity index (χ3v) is 2.74. The molecule has 0 fully saturated rings. The highest BCUT2D eigenvalue weighted by Gasteiger charge is 2.26. The van der Waals surface area contributed by atoms with Gasteiger partial charge in [0.05, 0.1) is 11.9 Å². The van der Waals surface area contributed by atoms with Crippen molar-refractivity contribution in [3.63, 3.8) is 0 Å². The average Bonchev–Trinajstić information content (AvgIpc) is 2.15. The van der Waals surface area contributed by atoms with Crippen LogP contribution in [0.2, 0.25) is 0 Å². The topological polar surface area (TPSA) is 56.3 Å². The van der Waals surface area contributed by atoms with Gasteiger partial charge in [-0.3, -0.25) is 4.98 Å². The van der Waals surface area contributed by atoms with Gasteiger partial charge in [0.1, 0.15) is 12.4 Å². The van der Waals surface area contributed by atoms with Crippen molar-refractivity contribution in [2.24, 2.45) is 0 Å². The second-order valence-corrected chi connectivity index (χ2v) is 5.77. The Bertz CT molecular complexity index is 489. The van der Waals surface area contributed by atoms with Crippen LogP contribution in [-0.2, 0) is 9.84 Å². The molecule has 4 nitrogen and oxygen atoms in total. The van der Waals surface area contributed by atoms with E-state index in [0.717, 1.165) is 18.5 Å². The summed E-state index contributed by atoms with van der Waals surface area (Å²) in [7, 11) is -3.20. The molecular weight excluding hydrogens is 258 g/mol. The Morgan fingerprint density at radius 1 is 1.35 bits per heavy atom. The van der Waals surface area contributed by atoms with Gasteiger partial charge in [-0.1, -0.05) is 5.46 Å². The largest absolute Gasteiger partial charge is 0.511 e. The fraction of sp³-hybridized carbons (Fsp3) is 0.375. The third kappa shape index (κ3) is 5.07. The zero-order valence-corrected chi connectivity index (χ0v) is 9.75. The van der Waals surface area contributed by atoms with Crippen LogP contribution in [0.4, 0.5) is 12.9 Å². The van der Waals surface area contributed by atoms with Crippen LogP contribution in [0.3, 0.4) is 0 Å². The number of aromatic nitrogens is 1. The van der Waals surface area contributed by atoms with Crippen LogP contribution in [0.15, 0.2) is 18.5 Å². The molecule has 0 saturated heterocycles. The fourth-order valence-electron chi connectivity index (χ4n) is 1.00. The van der Waals surface area contributed by atoms with E-state index in [-0.39, 0.29) is 18.1 Å². The molecular formula is C8H10BF3NO3S-. The van der Waals surface area contributed by atoms with Crippen molar-refractivity contribution in [1.82, 2.24) is 4.98 Å². The zero-order valence-electron chi connectivity index (χ0n) is 8.94. The number of hydrogen-bond acceptors (Lipinski definition) is 4. The summed E-state index contributed by atoms with van der Waals surface area (Å²) in [6.45, 7) is -5.33. The molecule has 0 aliphatic rings. The van der Waals surface area contributed by atoms with Crippen LogP contribution in [0.1, 0.15) is 0 Å². The molecule has 0 radical (unpaired) electrons. The minimum atomic E-state index is -5.13. The summed E-state index contributed by atoms with van der Waals surface area (Å²) in [6.07, 6.45) is 2.82. The first-order valence-electron chi connectivity index (χ1n) is 4.64. The van der Waals surface area contributed by atoms with E-state index in [1.54, 1.807) is 0 Å². The van der Waals surface area contributed by atoms with Gasteiger partial charge in [0.2, 0.25) is 0 Å². The number of sulfone groups is 1. The lowest BCUT2D eigenvalue weighted by molar-refractivity contribution is 0.339. The van der Waals surface area contributed by atoms with E-state index in [2.05, 4.69) is 4.98 Å². The first-order valence-corrected chi connectivity index (χ1v) is 6.70. The molecule has 1 rings (SSSR count). The van der Waals surface area contributed by atoms with Crippen molar-refractivity contribution in [3.8, 4) is 5.75 Å². The summed E-state index contributed by atoms with van der Waals surface area (Å²) in [4.78, 5) is 3.39. The predicted octanol–water partition coefficient (Wildman–Crippen LogP) is 0.559. The summed E-state index contributed by atoms with van der Waals surface area (Å²) < 4.78 is 63.5. The van der Waals surface area contributed by atoms with E-state index in [0.29, 0.717) is 6.20 Å². The Kier molecular flexibility index (Phi) is 4.02. The zero-order chi connectivity index (χ0) is 13.1. The first kappa shape index (κ1) is 13.8. The van der Waals surface area contributed by atoms with Gasteiger partial charge in [-0.15, -0.1) is 0 Å². The first-order chi connectivity index (χ1) is 7.68. The van der Waals surface area contributed by atoms with Crippen LogP contribution in [0.5, 0.6) is 5.75 Å². The monoisotopic (exact) mass is 268 g/mol. The van der Waals surface area contributed by atoms with Crippen molar-refractivity contribution in [3.05, 3.63) is 18.5 Å². The molecule has 0 aliphatic carbocycles. The highest BCUT2D eigenvalue weighted by atomic mass is 32.2. The molecule has 96 valence electrons. The van der Waals surface area contributed by atoms with Crippen LogP contribution < -0.4 is 10.2 Å². The van der Waals surface area contributed by atoms with Gasteiger partial charge in [0.25, 0.3) is 0 Å². The fourth-order valence-corrected chi connectivity index (χ4v) is 1.39. The van der Waals surface area contributed by atoms with Gasteiger partial charge in [0.15, 0.2) is 9.84 Å². The van der Waals surface area contributed by atoms with E-state index >= 15 is 0 Å². The molecule has 0 unspecified atom stereocenters. The number of hydrogen-bond donors (Lipinski definition) is 0. The summed E-state index contributed by atoms with van der Waals surface area (Å²) in [5, 5.41) is 0. The second-order valence-electron chi connectivity index (χ2n) is 3.51. The summed E-state index contributed by atoms with van der Waals surface area (Å²) in [5.41, 5.74) is -0.873. The summed E-state index contributed by atoms with van der Waals surface area (Å²) in [6, 6.07) is 0.801. The second kappa shape index (κ2) is 4.95.